The summed E-state index contributed by atoms with van der Waals surface area (Å²) in [5.41, 5.74) is -0.0313. The van der Waals surface area contributed by atoms with Crippen LogP contribution in [0.4, 0.5) is 4.39 Å². The van der Waals surface area contributed by atoms with Gasteiger partial charge in [0.1, 0.15) is 0 Å². The van der Waals surface area contributed by atoms with Crippen LogP contribution in [0.5, 0.6) is 0 Å². The third-order valence-electron chi connectivity index (χ3n) is 8.03. The van der Waals surface area contributed by atoms with E-state index in [1.165, 1.54) is 26.2 Å². The van der Waals surface area contributed by atoms with Gasteiger partial charge in [-0.15, -0.1) is 0 Å². The summed E-state index contributed by atoms with van der Waals surface area (Å²) in [7, 11) is 0. The second kappa shape index (κ2) is 5.04. The van der Waals surface area contributed by atoms with E-state index in [1.807, 2.05) is 0 Å². The van der Waals surface area contributed by atoms with Gasteiger partial charge in [-0.3, -0.25) is 4.79 Å². The highest BCUT2D eigenvalue weighted by Crippen LogP contribution is 2.65. The second-order valence-corrected chi connectivity index (χ2v) is 11.0. The van der Waals surface area contributed by atoms with E-state index in [4.69, 9.17) is 0 Å². The zero-order valence-corrected chi connectivity index (χ0v) is 16.7. The maximum atomic E-state index is 14.8. The minimum atomic E-state index is -1.60. The first-order valence-corrected chi connectivity index (χ1v) is 10.5. The number of allylic oxidation sites excluding steroid dienone is 2. The lowest BCUT2D eigenvalue weighted by Crippen LogP contribution is -2.50. The molecule has 0 aromatic heterocycles. The molecule has 0 aliphatic heterocycles. The summed E-state index contributed by atoms with van der Waals surface area (Å²) in [5, 5.41) is 0. The van der Waals surface area contributed by atoms with Crippen LogP contribution in [-0.4, -0.2) is 15.4 Å². The fraction of sp³-hybridized carbons (Fsp3) is 0.850. The molecule has 128 valence electrons. The first-order valence-electron chi connectivity index (χ1n) is 9.26. The number of hydrogen-bond donors (Lipinski definition) is 0. The predicted octanol–water partition coefficient (Wildman–Crippen LogP) is 5.66. The topological polar surface area (TPSA) is 17.1 Å². The SMILES string of the molecule is CC1(F)C[C@H]2[C@@H]3CC=C4CC(I)CC[C@]4(C)[C@@H]3CC[C@]2(C)C1=O. The standard InChI is InChI=1S/C20H28FIO/c1-18-8-6-13(22)10-12(18)4-5-14-15(18)7-9-19(2)16(14)11-20(3,21)17(19)23/h4,13-16H,5-11H2,1-3H3/t13?,14-,15-,16+,18+,19+,20?/m1/s1. The van der Waals surface area contributed by atoms with E-state index < -0.39 is 11.1 Å². The fourth-order valence-electron chi connectivity index (χ4n) is 6.70. The molecule has 3 heteroatoms. The molecule has 23 heavy (non-hydrogen) atoms. The summed E-state index contributed by atoms with van der Waals surface area (Å²) in [4.78, 5) is 12.7. The molecule has 3 saturated carbocycles. The summed E-state index contributed by atoms with van der Waals surface area (Å²) in [6.07, 6.45) is 9.84. The highest BCUT2D eigenvalue weighted by Gasteiger charge is 2.64. The van der Waals surface area contributed by atoms with Gasteiger partial charge in [-0.1, -0.05) is 48.1 Å². The summed E-state index contributed by atoms with van der Waals surface area (Å²) in [6, 6.07) is 0. The van der Waals surface area contributed by atoms with Crippen molar-refractivity contribution in [2.24, 2.45) is 28.6 Å². The number of carbonyl (C=O) groups excluding carboxylic acids is 1. The zero-order chi connectivity index (χ0) is 16.6. The summed E-state index contributed by atoms with van der Waals surface area (Å²) >= 11 is 2.60. The first kappa shape index (κ1) is 16.5. The summed E-state index contributed by atoms with van der Waals surface area (Å²) in [5.74, 6) is 1.31. The van der Waals surface area contributed by atoms with Gasteiger partial charge in [0.25, 0.3) is 0 Å². The van der Waals surface area contributed by atoms with Crippen LogP contribution in [0.15, 0.2) is 11.6 Å². The van der Waals surface area contributed by atoms with E-state index in [2.05, 4.69) is 42.5 Å². The summed E-state index contributed by atoms with van der Waals surface area (Å²) < 4.78 is 15.6. The Labute approximate surface area is 153 Å². The molecule has 0 radical (unpaired) electrons. The van der Waals surface area contributed by atoms with E-state index in [0.717, 1.165) is 23.2 Å². The molecule has 4 aliphatic rings. The molecule has 1 nitrogen and oxygen atoms in total. The Bertz CT molecular complexity index is 582. The third-order valence-corrected chi connectivity index (χ3v) is 9.09. The van der Waals surface area contributed by atoms with E-state index in [0.29, 0.717) is 23.7 Å². The third kappa shape index (κ3) is 2.17. The number of Topliss-reactive ketones (excluding diaryl/α,β-unsaturated/α-hetero) is 1. The molecule has 3 fully saturated rings. The number of ketones is 1. The number of rotatable bonds is 0. The number of fused-ring (bicyclic) bond motifs is 5. The Morgan fingerprint density at radius 2 is 1.83 bits per heavy atom. The minimum Gasteiger partial charge on any atom is -0.295 e. The van der Waals surface area contributed by atoms with Gasteiger partial charge in [-0.2, -0.15) is 0 Å². The van der Waals surface area contributed by atoms with Crippen molar-refractivity contribution in [1.82, 2.24) is 0 Å². The number of carbonyl (C=O) groups is 1. The van der Waals surface area contributed by atoms with Crippen LogP contribution < -0.4 is 0 Å². The average molecular weight is 430 g/mol. The Morgan fingerprint density at radius 3 is 2.57 bits per heavy atom. The van der Waals surface area contributed by atoms with Crippen molar-refractivity contribution in [3.05, 3.63) is 11.6 Å². The van der Waals surface area contributed by atoms with Crippen molar-refractivity contribution in [3.63, 3.8) is 0 Å². The van der Waals surface area contributed by atoms with Gasteiger partial charge in [-0.05, 0) is 75.0 Å². The maximum absolute atomic E-state index is 14.8. The lowest BCUT2D eigenvalue weighted by atomic mass is 9.48. The molecule has 7 atom stereocenters. The molecule has 0 aromatic carbocycles. The van der Waals surface area contributed by atoms with Gasteiger partial charge in [0.15, 0.2) is 11.5 Å². The molecule has 2 unspecified atom stereocenters. The van der Waals surface area contributed by atoms with Gasteiger partial charge in [0.2, 0.25) is 0 Å². The van der Waals surface area contributed by atoms with Crippen LogP contribution in [-0.2, 0) is 4.79 Å². The number of halogens is 2. The average Bonchev–Trinajstić information content (AvgIpc) is 2.68. The lowest BCUT2D eigenvalue weighted by Gasteiger charge is -2.56. The Morgan fingerprint density at radius 1 is 1.13 bits per heavy atom. The van der Waals surface area contributed by atoms with Crippen LogP contribution >= 0.6 is 22.6 Å². The van der Waals surface area contributed by atoms with E-state index in [1.54, 1.807) is 5.57 Å². The van der Waals surface area contributed by atoms with Crippen molar-refractivity contribution in [3.8, 4) is 0 Å². The highest BCUT2D eigenvalue weighted by molar-refractivity contribution is 14.1. The second-order valence-electron chi connectivity index (χ2n) is 9.29. The highest BCUT2D eigenvalue weighted by atomic mass is 127. The quantitative estimate of drug-likeness (QED) is 0.275. The molecular weight excluding hydrogens is 402 g/mol. The normalized spacial score (nSPS) is 55.7. The van der Waals surface area contributed by atoms with Crippen molar-refractivity contribution in [2.75, 3.05) is 0 Å². The fourth-order valence-corrected chi connectivity index (χ4v) is 7.48. The Hall–Kier alpha value is 0.0700. The van der Waals surface area contributed by atoms with Crippen LogP contribution in [0, 0.1) is 28.6 Å². The van der Waals surface area contributed by atoms with Gasteiger partial charge >= 0.3 is 0 Å². The molecule has 0 N–H and O–H groups in total. The smallest absolute Gasteiger partial charge is 0.175 e. The lowest BCUT2D eigenvalue weighted by molar-refractivity contribution is -0.138. The van der Waals surface area contributed by atoms with Crippen LogP contribution in [0.2, 0.25) is 0 Å². The molecule has 0 amide bonds. The van der Waals surface area contributed by atoms with Gasteiger partial charge in [-0.25, -0.2) is 4.39 Å². The van der Waals surface area contributed by atoms with E-state index in [-0.39, 0.29) is 11.7 Å². The van der Waals surface area contributed by atoms with Gasteiger partial charge in [0, 0.05) is 9.34 Å². The van der Waals surface area contributed by atoms with Crippen LogP contribution in [0.3, 0.4) is 0 Å². The zero-order valence-electron chi connectivity index (χ0n) is 14.5. The minimum absolute atomic E-state index is 0.107. The largest absolute Gasteiger partial charge is 0.295 e. The molecule has 0 saturated heterocycles. The van der Waals surface area contributed by atoms with Crippen LogP contribution in [0.25, 0.3) is 0 Å². The predicted molar refractivity (Wildman–Crippen MR) is 99.4 cm³/mol. The van der Waals surface area contributed by atoms with E-state index in [9.17, 15) is 9.18 Å². The van der Waals surface area contributed by atoms with Crippen molar-refractivity contribution in [2.45, 2.75) is 75.3 Å². The Balaban J connectivity index is 1.71. The molecule has 0 bridgehead atoms. The van der Waals surface area contributed by atoms with Gasteiger partial charge < -0.3 is 0 Å². The molecule has 4 aliphatic carbocycles. The van der Waals surface area contributed by atoms with Crippen molar-refractivity contribution in [1.29, 1.82) is 0 Å². The Kier molecular flexibility index (Phi) is 3.63. The van der Waals surface area contributed by atoms with Gasteiger partial charge in [0.05, 0.1) is 0 Å². The maximum Gasteiger partial charge on any atom is 0.175 e. The number of hydrogen-bond acceptors (Lipinski definition) is 1. The first-order chi connectivity index (χ1) is 10.7. The number of alkyl halides is 2. The molecule has 0 aromatic rings. The monoisotopic (exact) mass is 430 g/mol. The molecule has 0 heterocycles. The van der Waals surface area contributed by atoms with Crippen molar-refractivity contribution < 1.29 is 9.18 Å². The van der Waals surface area contributed by atoms with Crippen molar-refractivity contribution >= 4 is 28.4 Å². The van der Waals surface area contributed by atoms with E-state index >= 15 is 0 Å². The summed E-state index contributed by atoms with van der Waals surface area (Å²) in [6.45, 7) is 6.05. The molecule has 4 rings (SSSR count). The molecular formula is C20H28FIO. The molecule has 0 spiro atoms. The van der Waals surface area contributed by atoms with Crippen LogP contribution in [0.1, 0.15) is 65.7 Å².